The Morgan fingerprint density at radius 2 is 1.81 bits per heavy atom. The van der Waals surface area contributed by atoms with Crippen LogP contribution in [0, 0.1) is 11.2 Å². The van der Waals surface area contributed by atoms with E-state index in [1.54, 1.807) is 35.4 Å². The highest BCUT2D eigenvalue weighted by atomic mass is 19.1. The minimum absolute atomic E-state index is 0.00977. The highest BCUT2D eigenvalue weighted by molar-refractivity contribution is 6.02. The fraction of sp³-hybridized carbons (Fsp3) is 0.286. The summed E-state index contributed by atoms with van der Waals surface area (Å²) in [6.45, 7) is 1.28. The van der Waals surface area contributed by atoms with Crippen LogP contribution in [0.15, 0.2) is 59.7 Å². The van der Waals surface area contributed by atoms with Gasteiger partial charge in [0.15, 0.2) is 0 Å². The second-order valence-corrected chi connectivity index (χ2v) is 7.05. The predicted molar refractivity (Wildman–Crippen MR) is 99.5 cm³/mol. The van der Waals surface area contributed by atoms with Gasteiger partial charge < -0.3 is 4.90 Å². The number of amides is 2. The summed E-state index contributed by atoms with van der Waals surface area (Å²) in [5.41, 5.74) is 0.711. The fourth-order valence-electron chi connectivity index (χ4n) is 3.68. The minimum Gasteiger partial charge on any atom is -0.339 e. The zero-order valence-corrected chi connectivity index (χ0v) is 14.8. The Balaban J connectivity index is 1.41. The first-order valence-corrected chi connectivity index (χ1v) is 9.03. The molecule has 4 rings (SSSR count). The SMILES string of the molecule is O=C(c1ccccc1)N1CCC2(C=NN(Cc3cccc(F)c3)C2=O)CC1. The Kier molecular flexibility index (Phi) is 4.48. The number of rotatable bonds is 3. The molecule has 5 nitrogen and oxygen atoms in total. The van der Waals surface area contributed by atoms with E-state index in [1.165, 1.54) is 17.1 Å². The van der Waals surface area contributed by atoms with Gasteiger partial charge in [0, 0.05) is 24.9 Å². The van der Waals surface area contributed by atoms with Gasteiger partial charge in [0.2, 0.25) is 0 Å². The quantitative estimate of drug-likeness (QED) is 0.839. The highest BCUT2D eigenvalue weighted by Crippen LogP contribution is 2.36. The van der Waals surface area contributed by atoms with Crippen molar-refractivity contribution in [2.45, 2.75) is 19.4 Å². The van der Waals surface area contributed by atoms with Crippen LogP contribution in [0.5, 0.6) is 0 Å². The number of carbonyl (C=O) groups excluding carboxylic acids is 2. The Labute approximate surface area is 157 Å². The molecule has 0 aliphatic carbocycles. The molecule has 0 atom stereocenters. The summed E-state index contributed by atoms with van der Waals surface area (Å²) in [5.74, 6) is -0.409. The highest BCUT2D eigenvalue weighted by Gasteiger charge is 2.47. The molecular formula is C21H20FN3O2. The third kappa shape index (κ3) is 3.35. The van der Waals surface area contributed by atoms with Crippen molar-refractivity contribution < 1.29 is 14.0 Å². The molecule has 138 valence electrons. The van der Waals surface area contributed by atoms with Crippen molar-refractivity contribution >= 4 is 18.0 Å². The first kappa shape index (κ1) is 17.4. The van der Waals surface area contributed by atoms with E-state index in [9.17, 15) is 14.0 Å². The van der Waals surface area contributed by atoms with E-state index < -0.39 is 5.41 Å². The normalized spacial score (nSPS) is 18.3. The van der Waals surface area contributed by atoms with Gasteiger partial charge in [-0.15, -0.1) is 0 Å². The number of likely N-dealkylation sites (tertiary alicyclic amines) is 1. The Morgan fingerprint density at radius 3 is 2.52 bits per heavy atom. The van der Waals surface area contributed by atoms with Gasteiger partial charge in [0.1, 0.15) is 5.82 Å². The number of carbonyl (C=O) groups is 2. The monoisotopic (exact) mass is 365 g/mol. The number of piperidine rings is 1. The molecule has 27 heavy (non-hydrogen) atoms. The topological polar surface area (TPSA) is 53.0 Å². The maximum Gasteiger partial charge on any atom is 0.254 e. The Hall–Kier alpha value is -3.02. The molecule has 0 N–H and O–H groups in total. The van der Waals surface area contributed by atoms with E-state index in [0.29, 0.717) is 37.1 Å². The van der Waals surface area contributed by atoms with E-state index in [2.05, 4.69) is 5.10 Å². The summed E-state index contributed by atoms with van der Waals surface area (Å²) in [6, 6.07) is 15.4. The molecule has 2 aromatic rings. The number of nitrogens with zero attached hydrogens (tertiary/aromatic N) is 3. The molecule has 0 radical (unpaired) electrons. The maximum atomic E-state index is 13.4. The molecule has 2 aliphatic heterocycles. The van der Waals surface area contributed by atoms with Gasteiger partial charge in [-0.3, -0.25) is 9.59 Å². The minimum atomic E-state index is -0.652. The fourth-order valence-corrected chi connectivity index (χ4v) is 3.68. The van der Waals surface area contributed by atoms with Crippen LogP contribution in [0.2, 0.25) is 0 Å². The molecule has 0 aromatic heterocycles. The van der Waals surface area contributed by atoms with Crippen molar-refractivity contribution in [3.8, 4) is 0 Å². The first-order valence-electron chi connectivity index (χ1n) is 9.03. The molecule has 2 amide bonds. The van der Waals surface area contributed by atoms with Crippen LogP contribution in [0.4, 0.5) is 4.39 Å². The van der Waals surface area contributed by atoms with Crippen molar-refractivity contribution in [3.05, 3.63) is 71.5 Å². The number of benzene rings is 2. The average molecular weight is 365 g/mol. The smallest absolute Gasteiger partial charge is 0.254 e. The summed E-state index contributed by atoms with van der Waals surface area (Å²) in [4.78, 5) is 27.3. The standard InChI is InChI=1S/C21H20FN3O2/c22-18-8-4-5-16(13-18)14-25-20(27)21(15-23-25)9-11-24(12-10-21)19(26)17-6-2-1-3-7-17/h1-8,13,15H,9-12,14H2. The molecule has 0 saturated carbocycles. The van der Waals surface area contributed by atoms with Gasteiger partial charge in [0.05, 0.1) is 12.0 Å². The average Bonchev–Trinajstić information content (AvgIpc) is 2.98. The lowest BCUT2D eigenvalue weighted by atomic mass is 9.79. The second-order valence-electron chi connectivity index (χ2n) is 7.05. The van der Waals surface area contributed by atoms with Crippen LogP contribution in [0.25, 0.3) is 0 Å². The predicted octanol–water partition coefficient (Wildman–Crippen LogP) is 3.08. The largest absolute Gasteiger partial charge is 0.339 e. The summed E-state index contributed by atoms with van der Waals surface area (Å²) in [6.07, 6.45) is 2.81. The van der Waals surface area contributed by atoms with E-state index in [4.69, 9.17) is 0 Å². The summed E-state index contributed by atoms with van der Waals surface area (Å²) in [5, 5.41) is 5.69. The maximum absolute atomic E-state index is 13.4. The van der Waals surface area contributed by atoms with Gasteiger partial charge in [-0.2, -0.15) is 5.10 Å². The number of hydrazone groups is 1. The molecular weight excluding hydrogens is 345 g/mol. The van der Waals surface area contributed by atoms with Gasteiger partial charge in [-0.1, -0.05) is 30.3 Å². The summed E-state index contributed by atoms with van der Waals surface area (Å²) >= 11 is 0. The van der Waals surface area contributed by atoms with E-state index >= 15 is 0 Å². The van der Waals surface area contributed by atoms with Crippen molar-refractivity contribution in [2.75, 3.05) is 13.1 Å². The third-order valence-corrected chi connectivity index (χ3v) is 5.29. The molecule has 2 heterocycles. The molecule has 2 aliphatic rings. The Bertz CT molecular complexity index is 889. The van der Waals surface area contributed by atoms with Crippen LogP contribution in [0.1, 0.15) is 28.8 Å². The number of halogens is 1. The molecule has 1 fully saturated rings. The van der Waals surface area contributed by atoms with Gasteiger partial charge in [-0.05, 0) is 42.7 Å². The van der Waals surface area contributed by atoms with Crippen LogP contribution in [-0.2, 0) is 11.3 Å². The molecule has 6 heteroatoms. The second kappa shape index (κ2) is 6.95. The zero-order chi connectivity index (χ0) is 18.9. The van der Waals surface area contributed by atoms with Crippen molar-refractivity contribution in [2.24, 2.45) is 10.5 Å². The van der Waals surface area contributed by atoms with Gasteiger partial charge >= 0.3 is 0 Å². The molecule has 2 aromatic carbocycles. The zero-order valence-electron chi connectivity index (χ0n) is 14.8. The summed E-state index contributed by atoms with van der Waals surface area (Å²) < 4.78 is 13.4. The lowest BCUT2D eigenvalue weighted by molar-refractivity contribution is -0.138. The lowest BCUT2D eigenvalue weighted by Gasteiger charge is -2.36. The lowest BCUT2D eigenvalue weighted by Crippen LogP contribution is -2.48. The van der Waals surface area contributed by atoms with E-state index in [1.807, 2.05) is 18.2 Å². The summed E-state index contributed by atoms with van der Waals surface area (Å²) in [7, 11) is 0. The van der Waals surface area contributed by atoms with Crippen LogP contribution in [0.3, 0.4) is 0 Å². The van der Waals surface area contributed by atoms with Crippen LogP contribution in [-0.4, -0.2) is 41.0 Å². The molecule has 1 saturated heterocycles. The van der Waals surface area contributed by atoms with Gasteiger partial charge in [-0.25, -0.2) is 9.40 Å². The van der Waals surface area contributed by atoms with Crippen LogP contribution >= 0.6 is 0 Å². The third-order valence-electron chi connectivity index (χ3n) is 5.29. The van der Waals surface area contributed by atoms with E-state index in [0.717, 1.165) is 0 Å². The number of hydrogen-bond donors (Lipinski definition) is 0. The van der Waals surface area contributed by atoms with Crippen LogP contribution < -0.4 is 0 Å². The van der Waals surface area contributed by atoms with Crippen molar-refractivity contribution in [3.63, 3.8) is 0 Å². The van der Waals surface area contributed by atoms with E-state index in [-0.39, 0.29) is 24.2 Å². The molecule has 0 unspecified atom stereocenters. The van der Waals surface area contributed by atoms with Gasteiger partial charge in [0.25, 0.3) is 11.8 Å². The first-order chi connectivity index (χ1) is 13.1. The van der Waals surface area contributed by atoms with Crippen molar-refractivity contribution in [1.82, 2.24) is 9.91 Å². The Morgan fingerprint density at radius 1 is 1.07 bits per heavy atom. The molecule has 0 bridgehead atoms. The molecule has 1 spiro atoms. The number of hydrogen-bond acceptors (Lipinski definition) is 3. The van der Waals surface area contributed by atoms with Crippen molar-refractivity contribution in [1.29, 1.82) is 0 Å².